The van der Waals surface area contributed by atoms with E-state index >= 15 is 0 Å². The molecule has 1 N–H and O–H groups in total. The molecule has 2 rings (SSSR count). The number of hydrogen-bond acceptors (Lipinski definition) is 1. The van der Waals surface area contributed by atoms with Gasteiger partial charge in [-0.3, -0.25) is 4.79 Å². The van der Waals surface area contributed by atoms with E-state index in [1.165, 1.54) is 0 Å². The molecule has 0 aliphatic carbocycles. The van der Waals surface area contributed by atoms with E-state index in [9.17, 15) is 4.79 Å². The molecule has 0 aliphatic rings. The molecule has 0 spiro atoms. The molecular weight excluding hydrogens is 337 g/mol. The zero-order valence-corrected chi connectivity index (χ0v) is 12.3. The topological polar surface area (TPSA) is 29.1 Å². The minimum absolute atomic E-state index is 0.0217. The van der Waals surface area contributed by atoms with Gasteiger partial charge in [0.25, 0.3) is 0 Å². The highest BCUT2D eigenvalue weighted by Crippen LogP contribution is 2.17. The van der Waals surface area contributed by atoms with Gasteiger partial charge in [-0.25, -0.2) is 0 Å². The third-order valence-electron chi connectivity index (χ3n) is 2.76. The Hall–Kier alpha value is -1.36. The van der Waals surface area contributed by atoms with Crippen LogP contribution in [0.5, 0.6) is 0 Å². The lowest BCUT2D eigenvalue weighted by atomic mass is 10.1. The number of anilines is 1. The summed E-state index contributed by atoms with van der Waals surface area (Å²) < 4.78 is 1.05. The number of aryl methyl sites for hydroxylation is 1. The highest BCUT2D eigenvalue weighted by atomic mass is 127. The summed E-state index contributed by atoms with van der Waals surface area (Å²) in [6.45, 7) is 2.02. The molecule has 0 saturated carbocycles. The van der Waals surface area contributed by atoms with Crippen LogP contribution >= 0.6 is 22.6 Å². The highest BCUT2D eigenvalue weighted by molar-refractivity contribution is 14.1. The zero-order chi connectivity index (χ0) is 13.0. The van der Waals surface area contributed by atoms with Gasteiger partial charge in [0, 0.05) is 3.57 Å². The highest BCUT2D eigenvalue weighted by Gasteiger charge is 2.07. The molecule has 0 unspecified atom stereocenters. The van der Waals surface area contributed by atoms with E-state index in [1.807, 2.05) is 55.5 Å². The molecule has 0 saturated heterocycles. The Morgan fingerprint density at radius 3 is 2.50 bits per heavy atom. The van der Waals surface area contributed by atoms with Gasteiger partial charge in [0.1, 0.15) is 0 Å². The number of carbonyl (C=O) groups excluding carboxylic acids is 1. The molecule has 0 radical (unpaired) electrons. The molecule has 2 aromatic carbocycles. The number of halogens is 1. The number of nitrogens with one attached hydrogen (secondary N) is 1. The van der Waals surface area contributed by atoms with Crippen molar-refractivity contribution in [2.45, 2.75) is 13.3 Å². The largest absolute Gasteiger partial charge is 0.325 e. The summed E-state index contributed by atoms with van der Waals surface area (Å²) in [4.78, 5) is 12.0. The van der Waals surface area contributed by atoms with Crippen LogP contribution in [-0.2, 0) is 11.2 Å². The minimum Gasteiger partial charge on any atom is -0.325 e. The normalized spacial score (nSPS) is 10.1. The summed E-state index contributed by atoms with van der Waals surface area (Å²) in [5.41, 5.74) is 3.09. The zero-order valence-electron chi connectivity index (χ0n) is 10.1. The maximum absolute atomic E-state index is 12.0. The number of carbonyl (C=O) groups is 1. The number of benzene rings is 2. The van der Waals surface area contributed by atoms with Gasteiger partial charge < -0.3 is 5.32 Å². The van der Waals surface area contributed by atoms with Gasteiger partial charge in [-0.15, -0.1) is 0 Å². The Bertz CT molecular complexity index is 516. The molecule has 0 bridgehead atoms. The molecule has 92 valence electrons. The average molecular weight is 351 g/mol. The second-order valence-electron chi connectivity index (χ2n) is 4.13. The molecule has 0 atom stereocenters. The number of hydrogen-bond donors (Lipinski definition) is 1. The summed E-state index contributed by atoms with van der Waals surface area (Å²) in [5, 5.41) is 2.94. The Morgan fingerprint density at radius 1 is 1.11 bits per heavy atom. The molecule has 18 heavy (non-hydrogen) atoms. The Morgan fingerprint density at radius 2 is 1.78 bits per heavy atom. The van der Waals surface area contributed by atoms with Crippen LogP contribution in [0.1, 0.15) is 11.1 Å². The molecule has 3 heteroatoms. The monoisotopic (exact) mass is 351 g/mol. The third-order valence-corrected chi connectivity index (χ3v) is 3.70. The van der Waals surface area contributed by atoms with Crippen LogP contribution in [0.15, 0.2) is 48.5 Å². The van der Waals surface area contributed by atoms with Gasteiger partial charge in [0.05, 0.1) is 12.1 Å². The lowest BCUT2D eigenvalue weighted by Crippen LogP contribution is -2.15. The van der Waals surface area contributed by atoms with Gasteiger partial charge in [0.2, 0.25) is 5.91 Å². The smallest absolute Gasteiger partial charge is 0.228 e. The molecular formula is C15H14INO. The Kier molecular flexibility index (Phi) is 4.36. The van der Waals surface area contributed by atoms with Crippen LogP contribution in [0.2, 0.25) is 0 Å². The van der Waals surface area contributed by atoms with Crippen LogP contribution < -0.4 is 5.32 Å². The van der Waals surface area contributed by atoms with Crippen molar-refractivity contribution in [2.24, 2.45) is 0 Å². The van der Waals surface area contributed by atoms with Gasteiger partial charge in [0.15, 0.2) is 0 Å². The molecule has 0 aliphatic heterocycles. The first kappa shape index (κ1) is 13.1. The van der Waals surface area contributed by atoms with E-state index in [0.29, 0.717) is 6.42 Å². The van der Waals surface area contributed by atoms with E-state index < -0.39 is 0 Å². The molecule has 2 aromatic rings. The first-order valence-electron chi connectivity index (χ1n) is 5.75. The van der Waals surface area contributed by atoms with Crippen molar-refractivity contribution in [2.75, 3.05) is 5.32 Å². The summed E-state index contributed by atoms with van der Waals surface area (Å²) in [6, 6.07) is 15.7. The summed E-state index contributed by atoms with van der Waals surface area (Å²) in [5.74, 6) is 0.0217. The summed E-state index contributed by atoms with van der Waals surface area (Å²) >= 11 is 2.22. The van der Waals surface area contributed by atoms with Crippen molar-refractivity contribution in [3.8, 4) is 0 Å². The van der Waals surface area contributed by atoms with E-state index in [2.05, 4.69) is 27.9 Å². The standard InChI is InChI=1S/C15H14INO/c1-11-6-2-3-7-12(11)10-15(18)17-14-9-5-4-8-13(14)16/h2-9H,10H2,1H3,(H,17,18). The maximum atomic E-state index is 12.0. The van der Waals surface area contributed by atoms with Crippen molar-refractivity contribution in [3.05, 3.63) is 63.2 Å². The molecule has 0 fully saturated rings. The van der Waals surface area contributed by atoms with Crippen LogP contribution in [0.25, 0.3) is 0 Å². The lowest BCUT2D eigenvalue weighted by Gasteiger charge is -2.08. The first-order chi connectivity index (χ1) is 8.66. The van der Waals surface area contributed by atoms with Crippen LogP contribution in [0, 0.1) is 10.5 Å². The van der Waals surface area contributed by atoms with Crippen molar-refractivity contribution < 1.29 is 4.79 Å². The molecule has 0 heterocycles. The number of amides is 1. The number of rotatable bonds is 3. The second-order valence-corrected chi connectivity index (χ2v) is 5.29. The van der Waals surface area contributed by atoms with Gasteiger partial charge in [-0.1, -0.05) is 36.4 Å². The van der Waals surface area contributed by atoms with Crippen molar-refractivity contribution in [1.82, 2.24) is 0 Å². The quantitative estimate of drug-likeness (QED) is 0.838. The van der Waals surface area contributed by atoms with E-state index in [4.69, 9.17) is 0 Å². The predicted octanol–water partition coefficient (Wildman–Crippen LogP) is 3.78. The number of para-hydroxylation sites is 1. The average Bonchev–Trinajstić information content (AvgIpc) is 2.35. The van der Waals surface area contributed by atoms with Gasteiger partial charge in [-0.2, -0.15) is 0 Å². The van der Waals surface area contributed by atoms with Gasteiger partial charge in [-0.05, 0) is 52.8 Å². The fraction of sp³-hybridized carbons (Fsp3) is 0.133. The van der Waals surface area contributed by atoms with E-state index in [1.54, 1.807) is 0 Å². The molecule has 2 nitrogen and oxygen atoms in total. The van der Waals surface area contributed by atoms with E-state index in [0.717, 1.165) is 20.4 Å². The third kappa shape index (κ3) is 3.32. The van der Waals surface area contributed by atoms with Crippen molar-refractivity contribution >= 4 is 34.2 Å². The molecule has 1 amide bonds. The van der Waals surface area contributed by atoms with Crippen LogP contribution in [0.3, 0.4) is 0 Å². The second kappa shape index (κ2) is 6.00. The summed E-state index contributed by atoms with van der Waals surface area (Å²) in [6.07, 6.45) is 0.414. The Balaban J connectivity index is 2.06. The SMILES string of the molecule is Cc1ccccc1CC(=O)Nc1ccccc1I. The van der Waals surface area contributed by atoms with Crippen molar-refractivity contribution in [1.29, 1.82) is 0 Å². The fourth-order valence-electron chi connectivity index (χ4n) is 1.74. The minimum atomic E-state index is 0.0217. The molecule has 0 aromatic heterocycles. The predicted molar refractivity (Wildman–Crippen MR) is 82.7 cm³/mol. The maximum Gasteiger partial charge on any atom is 0.228 e. The van der Waals surface area contributed by atoms with Crippen LogP contribution in [-0.4, -0.2) is 5.91 Å². The van der Waals surface area contributed by atoms with Crippen LogP contribution in [0.4, 0.5) is 5.69 Å². The summed E-state index contributed by atoms with van der Waals surface area (Å²) in [7, 11) is 0. The Labute approximate surface area is 121 Å². The fourth-order valence-corrected chi connectivity index (χ4v) is 2.26. The van der Waals surface area contributed by atoms with E-state index in [-0.39, 0.29) is 5.91 Å². The van der Waals surface area contributed by atoms with Gasteiger partial charge >= 0.3 is 0 Å². The lowest BCUT2D eigenvalue weighted by molar-refractivity contribution is -0.115. The first-order valence-corrected chi connectivity index (χ1v) is 6.83. The van der Waals surface area contributed by atoms with Crippen molar-refractivity contribution in [3.63, 3.8) is 0 Å².